The molecule has 0 unspecified atom stereocenters. The first-order valence-electron chi connectivity index (χ1n) is 9.35. The molecule has 0 atom stereocenters. The fourth-order valence-corrected chi connectivity index (χ4v) is 4.64. The minimum atomic E-state index is -3.48. The third-order valence-corrected chi connectivity index (χ3v) is 6.48. The summed E-state index contributed by atoms with van der Waals surface area (Å²) in [5.74, 6) is 0.406. The monoisotopic (exact) mass is 376 g/mol. The lowest BCUT2D eigenvalue weighted by Crippen LogP contribution is -2.54. The average molecular weight is 377 g/mol. The lowest BCUT2D eigenvalue weighted by Gasteiger charge is -2.34. The van der Waals surface area contributed by atoms with Crippen molar-refractivity contribution in [3.05, 3.63) is 0 Å². The fraction of sp³-hybridized carbons (Fsp3) is 0.938. The number of carbonyl (C=O) groups excluding carboxylic acids is 1. The number of nitrogens with zero attached hydrogens (tertiary/aromatic N) is 3. The molecule has 0 aliphatic carbocycles. The Hall–Kier alpha value is -0.900. The summed E-state index contributed by atoms with van der Waals surface area (Å²) in [4.78, 5) is 15.7. The molecule has 2 saturated heterocycles. The first kappa shape index (κ1) is 20.4. The summed E-state index contributed by atoms with van der Waals surface area (Å²) in [5, 5.41) is 0. The molecular weight excluding hydrogens is 344 g/mol. The van der Waals surface area contributed by atoms with Gasteiger partial charge in [0.15, 0.2) is 0 Å². The van der Waals surface area contributed by atoms with Crippen LogP contribution in [0.1, 0.15) is 33.1 Å². The molecule has 9 heteroatoms. The number of likely N-dealkylation sites (tertiary alicyclic amines) is 1. The Kier molecular flexibility index (Phi) is 7.92. The van der Waals surface area contributed by atoms with E-state index in [9.17, 15) is 13.2 Å². The number of amides is 1. The largest absolute Gasteiger partial charge is 0.450 e. The number of hydrogen-bond acceptors (Lipinski definition) is 5. The second kappa shape index (κ2) is 9.70. The van der Waals surface area contributed by atoms with Gasteiger partial charge in [0, 0.05) is 32.7 Å². The highest BCUT2D eigenvalue weighted by molar-refractivity contribution is 7.87. The summed E-state index contributed by atoms with van der Waals surface area (Å²) < 4.78 is 34.1. The van der Waals surface area contributed by atoms with Gasteiger partial charge in [-0.3, -0.25) is 0 Å². The maximum atomic E-state index is 12.5. The van der Waals surface area contributed by atoms with Crippen LogP contribution in [0.4, 0.5) is 4.79 Å². The Morgan fingerprint density at radius 2 is 1.72 bits per heavy atom. The number of piperidine rings is 1. The van der Waals surface area contributed by atoms with Gasteiger partial charge in [0.2, 0.25) is 0 Å². The van der Waals surface area contributed by atoms with Gasteiger partial charge in [-0.25, -0.2) is 9.52 Å². The van der Waals surface area contributed by atoms with Crippen LogP contribution < -0.4 is 4.72 Å². The maximum Gasteiger partial charge on any atom is 0.409 e. The maximum absolute atomic E-state index is 12.5. The van der Waals surface area contributed by atoms with Crippen LogP contribution in [-0.4, -0.2) is 87.6 Å². The van der Waals surface area contributed by atoms with Crippen LogP contribution in [0.5, 0.6) is 0 Å². The summed E-state index contributed by atoms with van der Waals surface area (Å²) in [6.07, 6.45) is 2.87. The van der Waals surface area contributed by atoms with Gasteiger partial charge in [-0.15, -0.1) is 0 Å². The van der Waals surface area contributed by atoms with E-state index in [2.05, 4.69) is 16.5 Å². The van der Waals surface area contributed by atoms with E-state index in [4.69, 9.17) is 4.74 Å². The van der Waals surface area contributed by atoms with Gasteiger partial charge in [-0.05, 0) is 51.7 Å². The van der Waals surface area contributed by atoms with Crippen molar-refractivity contribution >= 4 is 16.3 Å². The first-order valence-corrected chi connectivity index (χ1v) is 10.8. The Labute approximate surface area is 151 Å². The number of ether oxygens (including phenoxy) is 1. The van der Waals surface area contributed by atoms with Gasteiger partial charge in [0.05, 0.1) is 6.61 Å². The van der Waals surface area contributed by atoms with E-state index >= 15 is 0 Å². The van der Waals surface area contributed by atoms with E-state index in [0.29, 0.717) is 45.2 Å². The number of piperazine rings is 1. The zero-order valence-corrected chi connectivity index (χ0v) is 16.3. The molecule has 146 valence electrons. The van der Waals surface area contributed by atoms with Crippen molar-refractivity contribution in [2.24, 2.45) is 5.92 Å². The van der Waals surface area contributed by atoms with Gasteiger partial charge in [0.1, 0.15) is 0 Å². The Balaban J connectivity index is 1.73. The van der Waals surface area contributed by atoms with Crippen molar-refractivity contribution in [3.8, 4) is 0 Å². The van der Waals surface area contributed by atoms with Crippen molar-refractivity contribution in [1.82, 2.24) is 18.8 Å². The molecule has 0 aromatic heterocycles. The second-order valence-corrected chi connectivity index (χ2v) is 8.48. The van der Waals surface area contributed by atoms with E-state index in [1.807, 2.05) is 0 Å². The van der Waals surface area contributed by atoms with Crippen molar-refractivity contribution in [3.63, 3.8) is 0 Å². The smallest absolute Gasteiger partial charge is 0.409 e. The van der Waals surface area contributed by atoms with Crippen molar-refractivity contribution in [2.45, 2.75) is 33.1 Å². The molecule has 2 heterocycles. The fourth-order valence-electron chi connectivity index (χ4n) is 3.37. The molecule has 0 spiro atoms. The zero-order chi connectivity index (χ0) is 18.3. The zero-order valence-electron chi connectivity index (χ0n) is 15.4. The standard InChI is InChI=1S/C16H32N4O4S/c1-3-7-18-8-5-15(6-9-18)14-17-25(22,23)20-12-10-19(11-13-20)16(21)24-4-2/h15,17H,3-14H2,1-2H3. The molecule has 0 bridgehead atoms. The number of hydrogen-bond donors (Lipinski definition) is 1. The molecule has 2 aliphatic rings. The van der Waals surface area contributed by atoms with Crippen LogP contribution >= 0.6 is 0 Å². The van der Waals surface area contributed by atoms with E-state index in [1.54, 1.807) is 11.8 Å². The highest BCUT2D eigenvalue weighted by Crippen LogP contribution is 2.17. The molecule has 25 heavy (non-hydrogen) atoms. The Morgan fingerprint density at radius 3 is 2.28 bits per heavy atom. The molecule has 1 amide bonds. The molecule has 2 fully saturated rings. The molecule has 2 aliphatic heterocycles. The third-order valence-electron chi connectivity index (χ3n) is 4.91. The van der Waals surface area contributed by atoms with Gasteiger partial charge in [-0.2, -0.15) is 12.7 Å². The minimum Gasteiger partial charge on any atom is -0.450 e. The van der Waals surface area contributed by atoms with Crippen LogP contribution in [-0.2, 0) is 14.9 Å². The third kappa shape index (κ3) is 6.09. The molecule has 0 radical (unpaired) electrons. The summed E-state index contributed by atoms with van der Waals surface area (Å²) >= 11 is 0. The van der Waals surface area contributed by atoms with E-state index in [0.717, 1.165) is 38.9 Å². The van der Waals surface area contributed by atoms with Gasteiger partial charge in [-0.1, -0.05) is 6.92 Å². The van der Waals surface area contributed by atoms with Gasteiger partial charge >= 0.3 is 6.09 Å². The van der Waals surface area contributed by atoms with Crippen molar-refractivity contribution < 1.29 is 17.9 Å². The second-order valence-electron chi connectivity index (χ2n) is 6.72. The molecular formula is C16H32N4O4S. The van der Waals surface area contributed by atoms with Gasteiger partial charge < -0.3 is 14.5 Å². The van der Waals surface area contributed by atoms with Crippen LogP contribution in [0.25, 0.3) is 0 Å². The Morgan fingerprint density at radius 1 is 1.08 bits per heavy atom. The number of carbonyl (C=O) groups is 1. The van der Waals surface area contributed by atoms with Crippen LogP contribution in [0.3, 0.4) is 0 Å². The highest BCUT2D eigenvalue weighted by atomic mass is 32.2. The quantitative estimate of drug-likeness (QED) is 0.708. The minimum absolute atomic E-state index is 0.309. The number of nitrogens with one attached hydrogen (secondary N) is 1. The molecule has 0 aromatic rings. The SMILES string of the molecule is CCCN1CCC(CNS(=O)(=O)N2CCN(C(=O)OCC)CC2)CC1. The molecule has 0 saturated carbocycles. The first-order chi connectivity index (χ1) is 12.0. The van der Waals surface area contributed by atoms with E-state index < -0.39 is 10.2 Å². The van der Waals surface area contributed by atoms with Crippen LogP contribution in [0, 0.1) is 5.92 Å². The lowest BCUT2D eigenvalue weighted by atomic mass is 9.97. The van der Waals surface area contributed by atoms with Gasteiger partial charge in [0.25, 0.3) is 10.2 Å². The topological polar surface area (TPSA) is 82.2 Å². The predicted octanol–water partition coefficient (Wildman–Crippen LogP) is 0.717. The number of rotatable bonds is 7. The summed E-state index contributed by atoms with van der Waals surface area (Å²) in [6, 6.07) is 0. The molecule has 8 nitrogen and oxygen atoms in total. The summed E-state index contributed by atoms with van der Waals surface area (Å²) in [5.41, 5.74) is 0. The summed E-state index contributed by atoms with van der Waals surface area (Å²) in [6.45, 7) is 9.37. The van der Waals surface area contributed by atoms with E-state index in [1.165, 1.54) is 4.31 Å². The van der Waals surface area contributed by atoms with Crippen LogP contribution in [0.15, 0.2) is 0 Å². The molecule has 2 rings (SSSR count). The Bertz CT molecular complexity index is 512. The predicted molar refractivity (Wildman–Crippen MR) is 96.5 cm³/mol. The summed E-state index contributed by atoms with van der Waals surface area (Å²) in [7, 11) is -3.48. The van der Waals surface area contributed by atoms with Crippen LogP contribution in [0.2, 0.25) is 0 Å². The molecule has 1 N–H and O–H groups in total. The van der Waals surface area contributed by atoms with Crippen molar-refractivity contribution in [2.75, 3.05) is 59.0 Å². The highest BCUT2D eigenvalue weighted by Gasteiger charge is 2.30. The van der Waals surface area contributed by atoms with Crippen molar-refractivity contribution in [1.29, 1.82) is 0 Å². The average Bonchev–Trinajstić information content (AvgIpc) is 2.62. The van der Waals surface area contributed by atoms with E-state index in [-0.39, 0.29) is 6.09 Å². The normalized spacial score (nSPS) is 21.4. The molecule has 0 aromatic carbocycles. The lowest BCUT2D eigenvalue weighted by molar-refractivity contribution is 0.0931.